The lowest BCUT2D eigenvalue weighted by atomic mass is 10.2. The van der Waals surface area contributed by atoms with Crippen LogP contribution in [0.3, 0.4) is 0 Å². The minimum atomic E-state index is 0.600. The van der Waals surface area contributed by atoms with Gasteiger partial charge in [0.25, 0.3) is 0 Å². The molecule has 0 saturated carbocycles. The van der Waals surface area contributed by atoms with E-state index in [-0.39, 0.29) is 0 Å². The lowest BCUT2D eigenvalue weighted by Crippen LogP contribution is -2.01. The van der Waals surface area contributed by atoms with Gasteiger partial charge in [0.15, 0.2) is 11.5 Å². The molecule has 5 heteroatoms. The summed E-state index contributed by atoms with van der Waals surface area (Å²) in [5.41, 5.74) is 1.93. The number of hydrogen-bond acceptors (Lipinski definition) is 4. The molecule has 0 bridgehead atoms. The second-order valence-corrected chi connectivity index (χ2v) is 4.31. The summed E-state index contributed by atoms with van der Waals surface area (Å²) >= 11 is 6.03. The lowest BCUT2D eigenvalue weighted by molar-refractivity contribution is 0.354. The third-order valence-corrected chi connectivity index (χ3v) is 3.00. The minimum Gasteiger partial charge on any atom is -0.493 e. The number of anilines is 1. The Kier molecular flexibility index (Phi) is 4.47. The predicted octanol–water partition coefficient (Wildman–Crippen LogP) is 3.36. The normalized spacial score (nSPS) is 10.1. The second kappa shape index (κ2) is 6.29. The van der Waals surface area contributed by atoms with Gasteiger partial charge in [0.1, 0.15) is 0 Å². The fourth-order valence-electron chi connectivity index (χ4n) is 1.71. The Bertz CT molecular complexity index is 561. The van der Waals surface area contributed by atoms with Crippen LogP contribution >= 0.6 is 11.6 Å². The highest BCUT2D eigenvalue weighted by Gasteiger charge is 2.05. The number of hydrogen-bond donors (Lipinski definition) is 1. The number of nitrogens with one attached hydrogen (secondary N) is 1. The smallest absolute Gasteiger partial charge is 0.161 e. The fourth-order valence-corrected chi connectivity index (χ4v) is 1.89. The summed E-state index contributed by atoms with van der Waals surface area (Å²) in [4.78, 5) is 3.94. The average Bonchev–Trinajstić information content (AvgIpc) is 2.46. The Balaban J connectivity index is 2.10. The molecule has 0 atom stereocenters. The number of benzene rings is 1. The zero-order valence-electron chi connectivity index (χ0n) is 10.8. The Morgan fingerprint density at radius 2 is 1.95 bits per heavy atom. The van der Waals surface area contributed by atoms with Crippen molar-refractivity contribution >= 4 is 17.3 Å². The van der Waals surface area contributed by atoms with Crippen molar-refractivity contribution in [1.82, 2.24) is 4.98 Å². The summed E-state index contributed by atoms with van der Waals surface area (Å²) in [5.74, 6) is 1.43. The van der Waals surface area contributed by atoms with Crippen LogP contribution in [0.5, 0.6) is 11.5 Å². The molecular formula is C14H15ClN2O2. The minimum absolute atomic E-state index is 0.600. The molecule has 0 amide bonds. The molecule has 1 aromatic heterocycles. The zero-order valence-corrected chi connectivity index (χ0v) is 11.6. The third-order valence-electron chi connectivity index (χ3n) is 2.70. The maximum Gasteiger partial charge on any atom is 0.161 e. The van der Waals surface area contributed by atoms with Crippen LogP contribution in [0.2, 0.25) is 5.02 Å². The van der Waals surface area contributed by atoms with Gasteiger partial charge in [-0.05, 0) is 23.8 Å². The van der Waals surface area contributed by atoms with Gasteiger partial charge in [0.05, 0.1) is 24.9 Å². The molecule has 2 aromatic rings. The molecule has 0 aliphatic carbocycles. The monoisotopic (exact) mass is 278 g/mol. The van der Waals surface area contributed by atoms with Crippen LogP contribution in [-0.2, 0) is 6.54 Å². The largest absolute Gasteiger partial charge is 0.493 e. The molecule has 0 fully saturated rings. The number of rotatable bonds is 5. The van der Waals surface area contributed by atoms with Gasteiger partial charge in [-0.25, -0.2) is 0 Å². The average molecular weight is 279 g/mol. The summed E-state index contributed by atoms with van der Waals surface area (Å²) in [6.45, 7) is 0.643. The lowest BCUT2D eigenvalue weighted by Gasteiger charge is -2.11. The van der Waals surface area contributed by atoms with Crippen LogP contribution in [0.15, 0.2) is 36.7 Å². The summed E-state index contributed by atoms with van der Waals surface area (Å²) in [6, 6.07) is 7.62. The van der Waals surface area contributed by atoms with Crippen molar-refractivity contribution in [2.45, 2.75) is 6.54 Å². The van der Waals surface area contributed by atoms with E-state index in [0.717, 1.165) is 11.3 Å². The van der Waals surface area contributed by atoms with E-state index < -0.39 is 0 Å². The van der Waals surface area contributed by atoms with Crippen molar-refractivity contribution in [3.8, 4) is 11.5 Å². The first-order valence-electron chi connectivity index (χ1n) is 5.79. The first-order valence-corrected chi connectivity index (χ1v) is 6.16. The zero-order chi connectivity index (χ0) is 13.7. The van der Waals surface area contributed by atoms with Crippen LogP contribution in [0.1, 0.15) is 5.56 Å². The molecule has 4 nitrogen and oxygen atoms in total. The topological polar surface area (TPSA) is 43.4 Å². The second-order valence-electron chi connectivity index (χ2n) is 3.90. The first kappa shape index (κ1) is 13.5. The molecule has 19 heavy (non-hydrogen) atoms. The number of halogens is 1. The maximum absolute atomic E-state index is 6.03. The van der Waals surface area contributed by atoms with Crippen LogP contribution in [0.4, 0.5) is 5.69 Å². The van der Waals surface area contributed by atoms with Crippen LogP contribution in [0, 0.1) is 0 Å². The molecule has 1 N–H and O–H groups in total. The third kappa shape index (κ3) is 3.29. The number of ether oxygens (including phenoxy) is 2. The van der Waals surface area contributed by atoms with Crippen molar-refractivity contribution < 1.29 is 9.47 Å². The van der Waals surface area contributed by atoms with E-state index in [1.54, 1.807) is 26.6 Å². The molecule has 1 heterocycles. The summed E-state index contributed by atoms with van der Waals surface area (Å²) in [6.07, 6.45) is 3.31. The molecule has 0 spiro atoms. The number of aromatic nitrogens is 1. The van der Waals surface area contributed by atoms with Gasteiger partial charge in [-0.3, -0.25) is 4.98 Å². The molecule has 1 aromatic carbocycles. The standard InChI is InChI=1S/C14H15ClN2O2/c1-18-13-4-3-10(7-14(13)19-2)8-17-12-5-6-16-9-11(12)15/h3-7,9H,8H2,1-2H3,(H,16,17). The molecule has 2 rings (SSSR count). The molecule has 0 unspecified atom stereocenters. The van der Waals surface area contributed by atoms with Gasteiger partial charge in [0.2, 0.25) is 0 Å². The first-order chi connectivity index (χ1) is 9.24. The van der Waals surface area contributed by atoms with Gasteiger partial charge in [-0.2, -0.15) is 0 Å². The van der Waals surface area contributed by atoms with Crippen molar-refractivity contribution in [3.05, 3.63) is 47.2 Å². The van der Waals surface area contributed by atoms with Crippen molar-refractivity contribution in [1.29, 1.82) is 0 Å². The Labute approximate surface area is 117 Å². The van der Waals surface area contributed by atoms with Crippen LogP contribution in [-0.4, -0.2) is 19.2 Å². The number of nitrogens with zero attached hydrogens (tertiary/aromatic N) is 1. The quantitative estimate of drug-likeness (QED) is 0.911. The Morgan fingerprint density at radius 1 is 1.16 bits per heavy atom. The highest BCUT2D eigenvalue weighted by molar-refractivity contribution is 6.33. The highest BCUT2D eigenvalue weighted by Crippen LogP contribution is 2.28. The molecule has 0 radical (unpaired) electrons. The van der Waals surface area contributed by atoms with E-state index in [1.807, 2.05) is 24.3 Å². The van der Waals surface area contributed by atoms with Gasteiger partial charge in [0, 0.05) is 18.9 Å². The van der Waals surface area contributed by atoms with Crippen LogP contribution in [0.25, 0.3) is 0 Å². The molecular weight excluding hydrogens is 264 g/mol. The summed E-state index contributed by atoms with van der Waals surface area (Å²) < 4.78 is 10.5. The molecule has 0 saturated heterocycles. The summed E-state index contributed by atoms with van der Waals surface area (Å²) in [5, 5.41) is 3.85. The molecule has 0 aliphatic rings. The molecule has 0 aliphatic heterocycles. The van der Waals surface area contributed by atoms with Crippen LogP contribution < -0.4 is 14.8 Å². The SMILES string of the molecule is COc1ccc(CNc2ccncc2Cl)cc1OC. The van der Waals surface area contributed by atoms with E-state index in [1.165, 1.54) is 0 Å². The van der Waals surface area contributed by atoms with Gasteiger partial charge >= 0.3 is 0 Å². The Morgan fingerprint density at radius 3 is 2.63 bits per heavy atom. The van der Waals surface area contributed by atoms with Gasteiger partial charge in [-0.1, -0.05) is 17.7 Å². The van der Waals surface area contributed by atoms with Gasteiger partial charge < -0.3 is 14.8 Å². The Hall–Kier alpha value is -1.94. The predicted molar refractivity (Wildman–Crippen MR) is 76.1 cm³/mol. The van der Waals surface area contributed by atoms with E-state index >= 15 is 0 Å². The van der Waals surface area contributed by atoms with Crippen molar-refractivity contribution in [3.63, 3.8) is 0 Å². The van der Waals surface area contributed by atoms with Crippen molar-refractivity contribution in [2.24, 2.45) is 0 Å². The highest BCUT2D eigenvalue weighted by atomic mass is 35.5. The fraction of sp³-hybridized carbons (Fsp3) is 0.214. The van der Waals surface area contributed by atoms with E-state index in [4.69, 9.17) is 21.1 Å². The number of pyridine rings is 1. The van der Waals surface area contributed by atoms with E-state index in [2.05, 4.69) is 10.3 Å². The van der Waals surface area contributed by atoms with Gasteiger partial charge in [-0.15, -0.1) is 0 Å². The van der Waals surface area contributed by atoms with E-state index in [0.29, 0.717) is 23.1 Å². The maximum atomic E-state index is 6.03. The molecule has 100 valence electrons. The number of methoxy groups -OCH3 is 2. The van der Waals surface area contributed by atoms with Crippen molar-refractivity contribution in [2.75, 3.05) is 19.5 Å². The summed E-state index contributed by atoms with van der Waals surface area (Å²) in [7, 11) is 3.24. The van der Waals surface area contributed by atoms with E-state index in [9.17, 15) is 0 Å².